The molecule has 7 nitrogen and oxygen atoms in total. The maximum absolute atomic E-state index is 11.6. The summed E-state index contributed by atoms with van der Waals surface area (Å²) >= 11 is -2.51. The van der Waals surface area contributed by atoms with Gasteiger partial charge in [0.05, 0.1) is 0 Å². The Balaban J connectivity index is 2.91. The molecule has 0 fully saturated rings. The van der Waals surface area contributed by atoms with E-state index in [2.05, 4.69) is 9.39 Å². The van der Waals surface area contributed by atoms with Gasteiger partial charge in [-0.3, -0.25) is 4.21 Å². The zero-order chi connectivity index (χ0) is 12.6. The van der Waals surface area contributed by atoms with Crippen molar-refractivity contribution in [2.24, 2.45) is 0 Å². The smallest absolute Gasteiger partial charge is 0.462 e. The van der Waals surface area contributed by atoms with Crippen LogP contribution in [-0.2, 0) is 11.1 Å². The van der Waals surface area contributed by atoms with E-state index in [9.17, 15) is 18.7 Å². The Hall–Kier alpha value is -2.24. The lowest BCUT2D eigenvalue weighted by Crippen LogP contribution is -2.04. The fraction of sp³-hybridized carbons (Fsp3) is 0. The van der Waals surface area contributed by atoms with Gasteiger partial charge >= 0.3 is 11.3 Å². The Morgan fingerprint density at radius 3 is 2.71 bits per heavy atom. The van der Waals surface area contributed by atoms with Gasteiger partial charge in [0.1, 0.15) is 5.58 Å². The third-order valence-electron chi connectivity index (χ3n) is 2.10. The van der Waals surface area contributed by atoms with E-state index in [1.54, 1.807) is 0 Å². The van der Waals surface area contributed by atoms with Crippen LogP contribution in [0.2, 0.25) is 0 Å². The highest BCUT2D eigenvalue weighted by Crippen LogP contribution is 2.30. The average Bonchev–Trinajstić information content (AvgIpc) is 2.29. The summed E-state index contributed by atoms with van der Waals surface area (Å²) in [6.07, 6.45) is 0. The van der Waals surface area contributed by atoms with E-state index in [0.717, 1.165) is 6.07 Å². The molecule has 0 saturated carbocycles. The van der Waals surface area contributed by atoms with E-state index in [0.29, 0.717) is 0 Å². The second-order valence-corrected chi connectivity index (χ2v) is 4.00. The molecule has 1 aromatic carbocycles. The van der Waals surface area contributed by atoms with Crippen molar-refractivity contribution in [3.8, 4) is 5.75 Å². The second-order valence-electron chi connectivity index (χ2n) is 3.06. The standard InChI is InChI=1S/C9H4N2O5S/c10-11-7-8(12)5-3-4(17(14)15)1-2-6(5)16-9(7)13/h1-3H,(H-,12,13,14,15)/p-1. The van der Waals surface area contributed by atoms with Crippen molar-refractivity contribution in [1.29, 1.82) is 5.39 Å². The van der Waals surface area contributed by atoms with Crippen LogP contribution in [0.25, 0.3) is 15.9 Å². The molecular formula is C9H3N2O5S-. The topological polar surface area (TPSA) is 122 Å². The van der Waals surface area contributed by atoms with E-state index >= 15 is 0 Å². The average molecular weight is 251 g/mol. The fourth-order valence-electron chi connectivity index (χ4n) is 1.33. The van der Waals surface area contributed by atoms with Gasteiger partial charge in [0.2, 0.25) is 5.39 Å². The van der Waals surface area contributed by atoms with E-state index in [1.165, 1.54) is 12.1 Å². The summed E-state index contributed by atoms with van der Waals surface area (Å²) in [6, 6.07) is 3.41. The molecule has 0 aliphatic heterocycles. The van der Waals surface area contributed by atoms with Gasteiger partial charge in [0.25, 0.3) is 0 Å². The number of hydrogen-bond acceptors (Lipinski definition) is 6. The van der Waals surface area contributed by atoms with Crippen molar-refractivity contribution in [2.75, 3.05) is 0 Å². The quantitative estimate of drug-likeness (QED) is 0.415. The van der Waals surface area contributed by atoms with Crippen LogP contribution in [0.1, 0.15) is 0 Å². The Labute approximate surface area is 96.2 Å². The van der Waals surface area contributed by atoms with E-state index in [1.807, 2.05) is 0 Å². The van der Waals surface area contributed by atoms with Gasteiger partial charge in [-0.15, -0.1) is 0 Å². The maximum Gasteiger partial charge on any atom is 0.462 e. The molecule has 0 radical (unpaired) electrons. The molecule has 0 aliphatic carbocycles. The molecule has 1 unspecified atom stereocenters. The van der Waals surface area contributed by atoms with Gasteiger partial charge in [-0.05, 0) is 29.3 Å². The number of rotatable bonds is 1. The molecule has 1 aromatic heterocycles. The van der Waals surface area contributed by atoms with E-state index in [4.69, 9.17) is 5.39 Å². The highest BCUT2D eigenvalue weighted by atomic mass is 32.2. The van der Waals surface area contributed by atoms with Crippen LogP contribution in [0.3, 0.4) is 0 Å². The molecule has 17 heavy (non-hydrogen) atoms. The Kier molecular flexibility index (Phi) is 2.63. The third kappa shape index (κ3) is 1.77. The molecule has 0 amide bonds. The first kappa shape index (κ1) is 11.3. The first-order valence-electron chi connectivity index (χ1n) is 4.27. The zero-order valence-electron chi connectivity index (χ0n) is 8.08. The monoisotopic (exact) mass is 251 g/mol. The van der Waals surface area contributed by atoms with Gasteiger partial charge in [0.15, 0.2) is 4.98 Å². The van der Waals surface area contributed by atoms with Crippen LogP contribution in [0.15, 0.2) is 32.3 Å². The molecule has 0 spiro atoms. The third-order valence-corrected chi connectivity index (χ3v) is 2.74. The first-order chi connectivity index (χ1) is 8.04. The summed E-state index contributed by atoms with van der Waals surface area (Å²) in [6.45, 7) is 0. The van der Waals surface area contributed by atoms with Crippen LogP contribution in [0, 0.1) is 5.39 Å². The summed E-state index contributed by atoms with van der Waals surface area (Å²) in [5.41, 5.74) is -1.94. The molecule has 86 valence electrons. The van der Waals surface area contributed by atoms with Gasteiger partial charge in [-0.2, -0.15) is 0 Å². The Bertz CT molecular complexity index is 730. The van der Waals surface area contributed by atoms with Crippen LogP contribution < -0.4 is 10.7 Å². The lowest BCUT2D eigenvalue weighted by Gasteiger charge is -2.09. The number of nitrogens with zero attached hydrogens (tertiary/aromatic N) is 2. The van der Waals surface area contributed by atoms with Crippen LogP contribution >= 0.6 is 0 Å². The molecule has 0 bridgehead atoms. The van der Waals surface area contributed by atoms with Crippen LogP contribution in [0.5, 0.6) is 5.75 Å². The van der Waals surface area contributed by atoms with Gasteiger partial charge in [-0.25, -0.2) is 4.79 Å². The highest BCUT2D eigenvalue weighted by molar-refractivity contribution is 7.79. The number of benzene rings is 1. The molecule has 0 saturated heterocycles. The molecule has 0 N–H and O–H groups in total. The normalized spacial score (nSPS) is 12.2. The molecular weight excluding hydrogens is 248 g/mol. The SMILES string of the molecule is N#[N+]c1c([O-])c2cc(S(=O)[O-])ccc2oc1=O. The van der Waals surface area contributed by atoms with Crippen molar-refractivity contribution in [3.05, 3.63) is 33.6 Å². The first-order valence-corrected chi connectivity index (χ1v) is 5.34. The van der Waals surface area contributed by atoms with E-state index in [-0.39, 0.29) is 15.9 Å². The van der Waals surface area contributed by atoms with Crippen molar-refractivity contribution in [2.45, 2.75) is 4.90 Å². The summed E-state index contributed by atoms with van der Waals surface area (Å²) in [7, 11) is 0. The maximum atomic E-state index is 11.6. The van der Waals surface area contributed by atoms with E-state index < -0.39 is 28.1 Å². The van der Waals surface area contributed by atoms with Gasteiger partial charge < -0.3 is 14.1 Å². The minimum atomic E-state index is -2.51. The Morgan fingerprint density at radius 1 is 1.41 bits per heavy atom. The van der Waals surface area contributed by atoms with Crippen molar-refractivity contribution in [3.63, 3.8) is 0 Å². The molecule has 8 heteroatoms. The fourth-order valence-corrected chi connectivity index (χ4v) is 1.73. The molecule has 0 aliphatic rings. The lowest BCUT2D eigenvalue weighted by molar-refractivity contribution is -0.264. The number of hydrogen-bond donors (Lipinski definition) is 0. The predicted octanol–water partition coefficient (Wildman–Crippen LogP) is 0.589. The predicted molar refractivity (Wildman–Crippen MR) is 53.9 cm³/mol. The van der Waals surface area contributed by atoms with Crippen molar-refractivity contribution in [1.82, 2.24) is 0 Å². The summed E-state index contributed by atoms with van der Waals surface area (Å²) in [5, 5.41) is 20.0. The van der Waals surface area contributed by atoms with Gasteiger partial charge in [-0.1, -0.05) is 0 Å². The number of fused-ring (bicyclic) bond motifs is 1. The molecule has 1 heterocycles. The van der Waals surface area contributed by atoms with Crippen LogP contribution in [-0.4, -0.2) is 8.76 Å². The minimum Gasteiger partial charge on any atom is -0.866 e. The van der Waals surface area contributed by atoms with Gasteiger partial charge in [0, 0.05) is 16.0 Å². The zero-order valence-corrected chi connectivity index (χ0v) is 8.89. The minimum absolute atomic E-state index is 0.0680. The van der Waals surface area contributed by atoms with Crippen LogP contribution in [0.4, 0.5) is 5.69 Å². The highest BCUT2D eigenvalue weighted by Gasteiger charge is 2.18. The summed E-state index contributed by atoms with van der Waals surface area (Å²) in [4.78, 5) is 13.6. The summed E-state index contributed by atoms with van der Waals surface area (Å²) < 4.78 is 26.1. The summed E-state index contributed by atoms with van der Waals surface area (Å²) in [5.74, 6) is -0.883. The molecule has 2 aromatic rings. The molecule has 1 atom stereocenters. The second kappa shape index (κ2) is 3.97. The lowest BCUT2D eigenvalue weighted by atomic mass is 10.2. The molecule has 2 rings (SSSR count). The Morgan fingerprint density at radius 2 is 2.12 bits per heavy atom. The largest absolute Gasteiger partial charge is 0.866 e. The van der Waals surface area contributed by atoms with Crippen molar-refractivity contribution < 1.29 is 18.3 Å². The van der Waals surface area contributed by atoms with Crippen molar-refractivity contribution >= 4 is 27.7 Å². The number of diazo groups is 1.